The second kappa shape index (κ2) is 4.64. The summed E-state index contributed by atoms with van der Waals surface area (Å²) in [7, 11) is 0. The molecule has 1 saturated carbocycles. The average molecular weight is 262 g/mol. The van der Waals surface area contributed by atoms with Crippen molar-refractivity contribution >= 4 is 10.9 Å². The molecule has 0 spiro atoms. The first-order valence-electron chi connectivity index (χ1n) is 6.61. The van der Waals surface area contributed by atoms with E-state index in [1.807, 2.05) is 0 Å². The summed E-state index contributed by atoms with van der Waals surface area (Å²) in [6.07, 6.45) is 4.87. The fourth-order valence-electron chi connectivity index (χ4n) is 2.87. The number of hydrogen-bond donors (Lipinski definition) is 1. The van der Waals surface area contributed by atoms with Gasteiger partial charge in [0.25, 0.3) is 5.56 Å². The van der Waals surface area contributed by atoms with E-state index in [1.54, 1.807) is 0 Å². The molecule has 0 saturated heterocycles. The molecule has 1 aliphatic rings. The lowest BCUT2D eigenvalue weighted by Gasteiger charge is -2.23. The number of hydrogen-bond acceptors (Lipinski definition) is 2. The van der Waals surface area contributed by atoms with Gasteiger partial charge in [0.15, 0.2) is 0 Å². The predicted octanol–water partition coefficient (Wildman–Crippen LogP) is 2.33. The third kappa shape index (κ3) is 2.09. The zero-order chi connectivity index (χ0) is 13.4. The van der Waals surface area contributed by atoms with E-state index in [-0.39, 0.29) is 17.0 Å². The number of H-pyrrole nitrogens is 1. The molecule has 1 aromatic heterocycles. The van der Waals surface area contributed by atoms with Crippen LogP contribution in [0, 0.1) is 5.82 Å². The minimum absolute atomic E-state index is 0.0577. The van der Waals surface area contributed by atoms with Gasteiger partial charge in [-0.1, -0.05) is 19.3 Å². The molecule has 1 aliphatic carbocycles. The van der Waals surface area contributed by atoms with Crippen molar-refractivity contribution in [3.05, 3.63) is 44.9 Å². The van der Waals surface area contributed by atoms with E-state index < -0.39 is 11.5 Å². The fraction of sp³-hybridized carbons (Fsp3) is 0.429. The summed E-state index contributed by atoms with van der Waals surface area (Å²) in [5.41, 5.74) is -0.385. The number of fused-ring (bicyclic) bond motifs is 1. The Morgan fingerprint density at radius 1 is 1.16 bits per heavy atom. The van der Waals surface area contributed by atoms with Crippen LogP contribution >= 0.6 is 0 Å². The van der Waals surface area contributed by atoms with Crippen molar-refractivity contribution in [2.45, 2.75) is 38.1 Å². The van der Waals surface area contributed by atoms with Crippen LogP contribution in [0.4, 0.5) is 4.39 Å². The van der Waals surface area contributed by atoms with Gasteiger partial charge in [0.2, 0.25) is 0 Å². The molecule has 5 heteroatoms. The number of benzene rings is 1. The maximum absolute atomic E-state index is 13.3. The predicted molar refractivity (Wildman–Crippen MR) is 70.9 cm³/mol. The Morgan fingerprint density at radius 2 is 1.89 bits per heavy atom. The van der Waals surface area contributed by atoms with E-state index in [1.165, 1.54) is 22.8 Å². The highest BCUT2D eigenvalue weighted by molar-refractivity contribution is 5.77. The van der Waals surface area contributed by atoms with Gasteiger partial charge in [-0.2, -0.15) is 0 Å². The maximum Gasteiger partial charge on any atom is 0.329 e. The van der Waals surface area contributed by atoms with Crippen LogP contribution < -0.4 is 11.2 Å². The van der Waals surface area contributed by atoms with E-state index in [0.29, 0.717) is 5.52 Å². The van der Waals surface area contributed by atoms with Gasteiger partial charge < -0.3 is 4.98 Å². The molecule has 2 aromatic rings. The second-order valence-corrected chi connectivity index (χ2v) is 5.09. The summed E-state index contributed by atoms with van der Waals surface area (Å²) in [6, 6.07) is 3.80. The lowest BCUT2D eigenvalue weighted by Crippen LogP contribution is -2.38. The fourth-order valence-corrected chi connectivity index (χ4v) is 2.87. The van der Waals surface area contributed by atoms with E-state index in [0.717, 1.165) is 32.1 Å². The normalized spacial score (nSPS) is 16.9. The molecular weight excluding hydrogens is 247 g/mol. The Morgan fingerprint density at radius 3 is 2.63 bits per heavy atom. The summed E-state index contributed by atoms with van der Waals surface area (Å²) in [5.74, 6) is -0.466. The SMILES string of the molecule is O=c1[nH]c2ccc(F)cc2c(=O)n1C1CCCCC1. The lowest BCUT2D eigenvalue weighted by atomic mass is 9.95. The zero-order valence-corrected chi connectivity index (χ0v) is 10.5. The molecular formula is C14H15FN2O2. The molecule has 4 nitrogen and oxygen atoms in total. The summed E-state index contributed by atoms with van der Waals surface area (Å²) in [4.78, 5) is 27.1. The Bertz CT molecular complexity index is 726. The van der Waals surface area contributed by atoms with Crippen molar-refractivity contribution in [2.75, 3.05) is 0 Å². The van der Waals surface area contributed by atoms with Gasteiger partial charge in [0, 0.05) is 6.04 Å². The number of rotatable bonds is 1. The van der Waals surface area contributed by atoms with E-state index >= 15 is 0 Å². The van der Waals surface area contributed by atoms with Crippen LogP contribution in [0.1, 0.15) is 38.1 Å². The molecule has 0 atom stereocenters. The number of nitrogens with zero attached hydrogens (tertiary/aromatic N) is 1. The van der Waals surface area contributed by atoms with E-state index in [9.17, 15) is 14.0 Å². The van der Waals surface area contributed by atoms with Gasteiger partial charge in [-0.05, 0) is 31.0 Å². The highest BCUT2D eigenvalue weighted by Gasteiger charge is 2.20. The van der Waals surface area contributed by atoms with E-state index in [4.69, 9.17) is 0 Å². The van der Waals surface area contributed by atoms with Gasteiger partial charge in [-0.15, -0.1) is 0 Å². The number of aromatic amines is 1. The molecule has 1 fully saturated rings. The molecule has 19 heavy (non-hydrogen) atoms. The standard InChI is InChI=1S/C14H15FN2O2/c15-9-6-7-12-11(8-9)13(18)17(14(19)16-12)10-4-2-1-3-5-10/h6-8,10H,1-5H2,(H,16,19). The van der Waals surface area contributed by atoms with Crippen LogP contribution in [0.5, 0.6) is 0 Å². The molecule has 0 bridgehead atoms. The summed E-state index contributed by atoms with van der Waals surface area (Å²) < 4.78 is 14.5. The summed E-state index contributed by atoms with van der Waals surface area (Å²) in [5, 5.41) is 0.241. The monoisotopic (exact) mass is 262 g/mol. The number of nitrogens with one attached hydrogen (secondary N) is 1. The highest BCUT2D eigenvalue weighted by Crippen LogP contribution is 2.26. The Labute approximate surface area is 108 Å². The number of halogens is 1. The Hall–Kier alpha value is -1.91. The molecule has 1 heterocycles. The average Bonchev–Trinajstić information content (AvgIpc) is 2.41. The van der Waals surface area contributed by atoms with Gasteiger partial charge >= 0.3 is 5.69 Å². The largest absolute Gasteiger partial charge is 0.329 e. The van der Waals surface area contributed by atoms with Gasteiger partial charge in [-0.25, -0.2) is 9.18 Å². The van der Waals surface area contributed by atoms with Crippen LogP contribution in [-0.2, 0) is 0 Å². The molecule has 0 unspecified atom stereocenters. The zero-order valence-electron chi connectivity index (χ0n) is 10.5. The molecule has 3 rings (SSSR count). The quantitative estimate of drug-likeness (QED) is 0.857. The molecule has 100 valence electrons. The van der Waals surface area contributed by atoms with Crippen molar-refractivity contribution < 1.29 is 4.39 Å². The maximum atomic E-state index is 13.3. The first kappa shape index (κ1) is 12.1. The molecule has 1 aromatic carbocycles. The molecule has 1 N–H and O–H groups in total. The minimum atomic E-state index is -0.466. The van der Waals surface area contributed by atoms with Crippen LogP contribution in [0.15, 0.2) is 27.8 Å². The second-order valence-electron chi connectivity index (χ2n) is 5.09. The lowest BCUT2D eigenvalue weighted by molar-refractivity contribution is 0.338. The molecule has 0 radical (unpaired) electrons. The van der Waals surface area contributed by atoms with Gasteiger partial charge in [-0.3, -0.25) is 9.36 Å². The van der Waals surface area contributed by atoms with Crippen molar-refractivity contribution in [1.29, 1.82) is 0 Å². The minimum Gasteiger partial charge on any atom is -0.307 e. The first-order valence-corrected chi connectivity index (χ1v) is 6.61. The molecule has 0 aliphatic heterocycles. The summed E-state index contributed by atoms with van der Waals surface area (Å²) in [6.45, 7) is 0. The summed E-state index contributed by atoms with van der Waals surface area (Å²) >= 11 is 0. The van der Waals surface area contributed by atoms with Crippen LogP contribution in [0.2, 0.25) is 0 Å². The van der Waals surface area contributed by atoms with Crippen molar-refractivity contribution in [3.8, 4) is 0 Å². The van der Waals surface area contributed by atoms with Gasteiger partial charge in [0.05, 0.1) is 10.9 Å². The Balaban J connectivity index is 2.24. The van der Waals surface area contributed by atoms with E-state index in [2.05, 4.69) is 4.98 Å². The third-order valence-corrected chi connectivity index (χ3v) is 3.83. The Kier molecular flexibility index (Phi) is 2.97. The van der Waals surface area contributed by atoms with Crippen LogP contribution in [0.3, 0.4) is 0 Å². The van der Waals surface area contributed by atoms with Crippen molar-refractivity contribution in [2.24, 2.45) is 0 Å². The molecule has 0 amide bonds. The van der Waals surface area contributed by atoms with Crippen molar-refractivity contribution in [3.63, 3.8) is 0 Å². The number of aromatic nitrogens is 2. The van der Waals surface area contributed by atoms with Crippen molar-refractivity contribution in [1.82, 2.24) is 9.55 Å². The first-order chi connectivity index (χ1) is 9.16. The van der Waals surface area contributed by atoms with Crippen LogP contribution in [-0.4, -0.2) is 9.55 Å². The topological polar surface area (TPSA) is 54.9 Å². The highest BCUT2D eigenvalue weighted by atomic mass is 19.1. The van der Waals surface area contributed by atoms with Gasteiger partial charge in [0.1, 0.15) is 5.82 Å². The smallest absolute Gasteiger partial charge is 0.307 e. The third-order valence-electron chi connectivity index (χ3n) is 3.83. The van der Waals surface area contributed by atoms with Crippen LogP contribution in [0.25, 0.3) is 10.9 Å².